The average molecular weight is 312 g/mol. The van der Waals surface area contributed by atoms with Gasteiger partial charge in [0.2, 0.25) is 0 Å². The smallest absolute Gasteiger partial charge is 0.251 e. The summed E-state index contributed by atoms with van der Waals surface area (Å²) in [6.07, 6.45) is 2.56. The molecule has 0 unspecified atom stereocenters. The normalized spacial score (nSPS) is 14.8. The standard InChI is InChI=1S/C19H21FN2O/c20-18-9-5-15(6-10-18)13-21-19(23)17-7-3-16(4-8-17)14-22-11-1-2-12-22/h3-10H,1-2,11-14H2,(H,21,23). The number of hydrogen-bond acceptors (Lipinski definition) is 2. The molecule has 1 saturated heterocycles. The van der Waals surface area contributed by atoms with Crippen LogP contribution in [-0.2, 0) is 13.1 Å². The maximum atomic E-state index is 12.8. The van der Waals surface area contributed by atoms with Gasteiger partial charge in [0, 0.05) is 18.7 Å². The maximum Gasteiger partial charge on any atom is 0.251 e. The molecule has 23 heavy (non-hydrogen) atoms. The number of carbonyl (C=O) groups excluding carboxylic acids is 1. The van der Waals surface area contributed by atoms with Crippen LogP contribution in [0.2, 0.25) is 0 Å². The Morgan fingerprint density at radius 1 is 0.957 bits per heavy atom. The summed E-state index contributed by atoms with van der Waals surface area (Å²) in [5.41, 5.74) is 2.77. The van der Waals surface area contributed by atoms with E-state index >= 15 is 0 Å². The molecule has 0 spiro atoms. The first-order valence-corrected chi connectivity index (χ1v) is 8.05. The summed E-state index contributed by atoms with van der Waals surface area (Å²) in [5, 5.41) is 2.86. The summed E-state index contributed by atoms with van der Waals surface area (Å²) in [6, 6.07) is 13.9. The molecule has 0 radical (unpaired) electrons. The van der Waals surface area contributed by atoms with Gasteiger partial charge < -0.3 is 5.32 Å². The number of nitrogens with zero attached hydrogens (tertiary/aromatic N) is 1. The van der Waals surface area contributed by atoms with E-state index in [-0.39, 0.29) is 11.7 Å². The first kappa shape index (κ1) is 15.7. The van der Waals surface area contributed by atoms with Crippen molar-refractivity contribution in [3.05, 3.63) is 71.0 Å². The van der Waals surface area contributed by atoms with Crippen molar-refractivity contribution in [1.82, 2.24) is 10.2 Å². The number of rotatable bonds is 5. The number of nitrogens with one attached hydrogen (secondary N) is 1. The van der Waals surface area contributed by atoms with Gasteiger partial charge in [0.05, 0.1) is 0 Å². The van der Waals surface area contributed by atoms with Crippen molar-refractivity contribution in [3.8, 4) is 0 Å². The molecule has 3 nitrogen and oxygen atoms in total. The lowest BCUT2D eigenvalue weighted by molar-refractivity contribution is 0.0951. The Labute approximate surface area is 136 Å². The van der Waals surface area contributed by atoms with Gasteiger partial charge in [0.15, 0.2) is 0 Å². The number of halogens is 1. The van der Waals surface area contributed by atoms with E-state index in [2.05, 4.69) is 10.2 Å². The molecule has 4 heteroatoms. The zero-order chi connectivity index (χ0) is 16.1. The number of amides is 1. The molecule has 1 aliphatic rings. The highest BCUT2D eigenvalue weighted by Crippen LogP contribution is 2.13. The topological polar surface area (TPSA) is 32.3 Å². The highest BCUT2D eigenvalue weighted by molar-refractivity contribution is 5.94. The van der Waals surface area contributed by atoms with E-state index in [1.807, 2.05) is 24.3 Å². The Balaban J connectivity index is 1.53. The number of likely N-dealkylation sites (tertiary alicyclic amines) is 1. The summed E-state index contributed by atoms with van der Waals surface area (Å²) in [6.45, 7) is 3.69. The molecule has 1 heterocycles. The first-order chi connectivity index (χ1) is 11.2. The third-order valence-corrected chi connectivity index (χ3v) is 4.19. The van der Waals surface area contributed by atoms with Crippen molar-refractivity contribution in [1.29, 1.82) is 0 Å². The summed E-state index contributed by atoms with van der Waals surface area (Å²) in [7, 11) is 0. The van der Waals surface area contributed by atoms with Crippen molar-refractivity contribution in [2.24, 2.45) is 0 Å². The summed E-state index contributed by atoms with van der Waals surface area (Å²) in [5.74, 6) is -0.379. The van der Waals surface area contributed by atoms with E-state index in [4.69, 9.17) is 0 Å². The SMILES string of the molecule is O=C(NCc1ccc(F)cc1)c1ccc(CN2CCCC2)cc1. The van der Waals surface area contributed by atoms with Crippen LogP contribution in [0, 0.1) is 5.82 Å². The van der Waals surface area contributed by atoms with Crippen LogP contribution in [0.1, 0.15) is 34.3 Å². The molecule has 1 amide bonds. The molecule has 0 bridgehead atoms. The van der Waals surface area contributed by atoms with Crippen LogP contribution in [0.4, 0.5) is 4.39 Å². The predicted octanol–water partition coefficient (Wildman–Crippen LogP) is 3.35. The molecule has 2 aromatic rings. The molecule has 2 aromatic carbocycles. The minimum atomic E-state index is -0.270. The van der Waals surface area contributed by atoms with Gasteiger partial charge in [-0.15, -0.1) is 0 Å². The molecule has 0 aromatic heterocycles. The Kier molecular flexibility index (Phi) is 5.03. The van der Waals surface area contributed by atoms with Crippen molar-refractivity contribution in [3.63, 3.8) is 0 Å². The van der Waals surface area contributed by atoms with Gasteiger partial charge in [0.25, 0.3) is 5.91 Å². The van der Waals surface area contributed by atoms with Gasteiger partial charge in [-0.2, -0.15) is 0 Å². The second-order valence-corrected chi connectivity index (χ2v) is 5.99. The fraction of sp³-hybridized carbons (Fsp3) is 0.316. The van der Waals surface area contributed by atoms with E-state index in [0.717, 1.165) is 12.1 Å². The lowest BCUT2D eigenvalue weighted by Gasteiger charge is -2.14. The van der Waals surface area contributed by atoms with Crippen LogP contribution in [0.15, 0.2) is 48.5 Å². The van der Waals surface area contributed by atoms with E-state index in [9.17, 15) is 9.18 Å². The molecule has 1 fully saturated rings. The molecule has 120 valence electrons. The second kappa shape index (κ2) is 7.38. The molecule has 0 aliphatic carbocycles. The van der Waals surface area contributed by atoms with E-state index in [1.54, 1.807) is 12.1 Å². The lowest BCUT2D eigenvalue weighted by Crippen LogP contribution is -2.23. The summed E-state index contributed by atoms with van der Waals surface area (Å²) >= 11 is 0. The van der Waals surface area contributed by atoms with E-state index in [0.29, 0.717) is 12.1 Å². The minimum Gasteiger partial charge on any atom is -0.348 e. The maximum absolute atomic E-state index is 12.8. The molecular formula is C19H21FN2O. The van der Waals surface area contributed by atoms with Crippen LogP contribution in [0.5, 0.6) is 0 Å². The zero-order valence-electron chi connectivity index (χ0n) is 13.1. The van der Waals surface area contributed by atoms with Gasteiger partial charge in [0.1, 0.15) is 5.82 Å². The Morgan fingerprint density at radius 3 is 2.22 bits per heavy atom. The Bertz CT molecular complexity index is 646. The van der Waals surface area contributed by atoms with Crippen LogP contribution in [-0.4, -0.2) is 23.9 Å². The summed E-state index contributed by atoms with van der Waals surface area (Å²) < 4.78 is 12.8. The van der Waals surface area contributed by atoms with Gasteiger partial charge in [-0.25, -0.2) is 4.39 Å². The third-order valence-electron chi connectivity index (χ3n) is 4.19. The van der Waals surface area contributed by atoms with E-state index in [1.165, 1.54) is 43.6 Å². The zero-order valence-corrected chi connectivity index (χ0v) is 13.1. The first-order valence-electron chi connectivity index (χ1n) is 8.05. The summed E-state index contributed by atoms with van der Waals surface area (Å²) in [4.78, 5) is 14.6. The van der Waals surface area contributed by atoms with Gasteiger partial charge in [-0.05, 0) is 61.3 Å². The average Bonchev–Trinajstić information content (AvgIpc) is 3.08. The monoisotopic (exact) mass is 312 g/mol. The van der Waals surface area contributed by atoms with Crippen LogP contribution in [0.25, 0.3) is 0 Å². The minimum absolute atomic E-state index is 0.109. The Hall–Kier alpha value is -2.20. The number of hydrogen-bond donors (Lipinski definition) is 1. The molecule has 3 rings (SSSR count). The number of carbonyl (C=O) groups is 1. The van der Waals surface area contributed by atoms with E-state index < -0.39 is 0 Å². The molecule has 1 aliphatic heterocycles. The highest BCUT2D eigenvalue weighted by atomic mass is 19.1. The van der Waals surface area contributed by atoms with Gasteiger partial charge >= 0.3 is 0 Å². The quantitative estimate of drug-likeness (QED) is 0.918. The third kappa shape index (κ3) is 4.39. The van der Waals surface area contributed by atoms with Crippen LogP contribution >= 0.6 is 0 Å². The molecule has 0 saturated carbocycles. The fourth-order valence-corrected chi connectivity index (χ4v) is 2.85. The largest absolute Gasteiger partial charge is 0.348 e. The van der Waals surface area contributed by atoms with Crippen molar-refractivity contribution in [2.45, 2.75) is 25.9 Å². The second-order valence-electron chi connectivity index (χ2n) is 5.99. The van der Waals surface area contributed by atoms with Crippen LogP contribution < -0.4 is 5.32 Å². The number of benzene rings is 2. The van der Waals surface area contributed by atoms with Crippen molar-refractivity contribution < 1.29 is 9.18 Å². The van der Waals surface area contributed by atoms with Gasteiger partial charge in [-0.3, -0.25) is 9.69 Å². The lowest BCUT2D eigenvalue weighted by atomic mass is 10.1. The fourth-order valence-electron chi connectivity index (χ4n) is 2.85. The van der Waals surface area contributed by atoms with Crippen LogP contribution in [0.3, 0.4) is 0 Å². The molecular weight excluding hydrogens is 291 g/mol. The Morgan fingerprint density at radius 2 is 1.57 bits per heavy atom. The molecule has 1 N–H and O–H groups in total. The van der Waals surface area contributed by atoms with Gasteiger partial charge in [-0.1, -0.05) is 24.3 Å². The predicted molar refractivity (Wildman–Crippen MR) is 88.5 cm³/mol. The van der Waals surface area contributed by atoms with Crippen molar-refractivity contribution in [2.75, 3.05) is 13.1 Å². The van der Waals surface area contributed by atoms with Crippen molar-refractivity contribution >= 4 is 5.91 Å². The molecule has 0 atom stereocenters. The highest BCUT2D eigenvalue weighted by Gasteiger charge is 2.12.